The van der Waals surface area contributed by atoms with Gasteiger partial charge in [-0.3, -0.25) is 9.69 Å². The van der Waals surface area contributed by atoms with Gasteiger partial charge in [-0.2, -0.15) is 0 Å². The summed E-state index contributed by atoms with van der Waals surface area (Å²) in [6, 6.07) is 19.6. The first kappa shape index (κ1) is 31.6. The molecule has 1 atom stereocenters. The van der Waals surface area contributed by atoms with E-state index in [4.69, 9.17) is 18.9 Å². The van der Waals surface area contributed by atoms with Gasteiger partial charge in [0, 0.05) is 13.1 Å². The number of fused-ring (bicyclic) bond motifs is 1. The van der Waals surface area contributed by atoms with Crippen molar-refractivity contribution in [2.24, 2.45) is 0 Å². The Kier molecular flexibility index (Phi) is 10.0. The molecule has 0 radical (unpaired) electrons. The Labute approximate surface area is 262 Å². The molecule has 45 heavy (non-hydrogen) atoms. The molecule has 3 amide bonds. The maximum atomic E-state index is 12.5. The lowest BCUT2D eigenvalue weighted by molar-refractivity contribution is -0.118. The van der Waals surface area contributed by atoms with Crippen LogP contribution in [0.15, 0.2) is 60.7 Å². The predicted molar refractivity (Wildman–Crippen MR) is 169 cm³/mol. The summed E-state index contributed by atoms with van der Waals surface area (Å²) in [5.41, 5.74) is 2.72. The smallest absolute Gasteiger partial charge is 0.415 e. The van der Waals surface area contributed by atoms with E-state index in [0.29, 0.717) is 63.0 Å². The number of hydrogen-bond donors (Lipinski definition) is 3. The predicted octanol–water partition coefficient (Wildman–Crippen LogP) is 4.88. The maximum absolute atomic E-state index is 12.5. The lowest BCUT2D eigenvalue weighted by Crippen LogP contribution is -2.33. The van der Waals surface area contributed by atoms with Crippen LogP contribution in [0.2, 0.25) is 0 Å². The molecule has 3 N–H and O–H groups in total. The van der Waals surface area contributed by atoms with E-state index in [-0.39, 0.29) is 18.6 Å². The molecule has 0 saturated carbocycles. The third-order valence-corrected chi connectivity index (χ3v) is 6.94. The molecule has 1 aromatic heterocycles. The Bertz CT molecular complexity index is 1520. The van der Waals surface area contributed by atoms with Crippen LogP contribution < -0.4 is 30.3 Å². The Morgan fingerprint density at radius 2 is 1.87 bits per heavy atom. The van der Waals surface area contributed by atoms with Crippen molar-refractivity contribution in [1.82, 2.24) is 15.6 Å². The van der Waals surface area contributed by atoms with E-state index in [0.717, 1.165) is 22.4 Å². The quantitative estimate of drug-likeness (QED) is 0.243. The molecule has 2 aromatic carbocycles. The second kappa shape index (κ2) is 14.3. The maximum Gasteiger partial charge on any atom is 0.415 e. The number of hydrogen-bond acceptors (Lipinski definition) is 9. The summed E-state index contributed by atoms with van der Waals surface area (Å²) in [6.45, 7) is 8.05. The van der Waals surface area contributed by atoms with E-state index in [9.17, 15) is 14.4 Å². The largest absolute Gasteiger partial charge is 0.494 e. The molecule has 12 heteroatoms. The number of carbonyl (C=O) groups is 3. The first-order valence-electron chi connectivity index (χ1n) is 15.0. The standard InChI is InChI=1S/C33H39N5O7/c1-33(2,3)45-31(40)35-14-6-16-42-25-10-5-9-24(18-25)23-8-4-7-22(17-23)19-34-15-13-26-20-38(32(41)44-26)28-12-11-27-30(36-28)37-29(39)21-43-27/h4-5,7-12,17-18,26,34H,6,13-16,19-21H2,1-3H3,(H,35,40)(H,36,37,39)/t26-/m0/s1. The number of carbonyl (C=O) groups excluding carboxylic acids is 3. The van der Waals surface area contributed by atoms with Gasteiger partial charge in [-0.15, -0.1) is 0 Å². The Balaban J connectivity index is 1.05. The SMILES string of the molecule is CC(C)(C)OC(=O)NCCCOc1cccc(-c2cccc(CNCC[C@H]3CN(c4ccc5c(n4)NC(=O)CO5)C(=O)O3)c2)c1. The van der Waals surface area contributed by atoms with Crippen LogP contribution >= 0.6 is 0 Å². The highest BCUT2D eigenvalue weighted by molar-refractivity contribution is 5.95. The number of rotatable bonds is 12. The molecule has 0 unspecified atom stereocenters. The zero-order valence-corrected chi connectivity index (χ0v) is 25.8. The van der Waals surface area contributed by atoms with Gasteiger partial charge < -0.3 is 34.9 Å². The minimum atomic E-state index is -0.523. The van der Waals surface area contributed by atoms with Crippen molar-refractivity contribution in [1.29, 1.82) is 0 Å². The topological polar surface area (TPSA) is 140 Å². The average Bonchev–Trinajstić information content (AvgIpc) is 3.38. The minimum Gasteiger partial charge on any atom is -0.494 e. The molecular formula is C33H39N5O7. The molecule has 5 rings (SSSR count). The van der Waals surface area contributed by atoms with Gasteiger partial charge in [0.15, 0.2) is 18.2 Å². The number of nitrogens with zero attached hydrogens (tertiary/aromatic N) is 2. The zero-order chi connectivity index (χ0) is 31.8. The van der Waals surface area contributed by atoms with Crippen molar-refractivity contribution in [2.45, 2.75) is 51.9 Å². The van der Waals surface area contributed by atoms with Crippen LogP contribution in [0.4, 0.5) is 21.2 Å². The summed E-state index contributed by atoms with van der Waals surface area (Å²) in [5.74, 6) is 1.65. The third kappa shape index (κ3) is 9.08. The third-order valence-electron chi connectivity index (χ3n) is 6.94. The lowest BCUT2D eigenvalue weighted by Gasteiger charge is -2.19. The zero-order valence-electron chi connectivity index (χ0n) is 25.8. The molecule has 3 aromatic rings. The molecule has 0 aliphatic carbocycles. The molecule has 2 aliphatic rings. The molecule has 3 heterocycles. The number of nitrogens with one attached hydrogen (secondary N) is 3. The van der Waals surface area contributed by atoms with Crippen LogP contribution in [0.1, 0.15) is 39.2 Å². The van der Waals surface area contributed by atoms with Crippen molar-refractivity contribution >= 4 is 29.7 Å². The second-order valence-electron chi connectivity index (χ2n) is 11.8. The van der Waals surface area contributed by atoms with E-state index in [1.807, 2.05) is 51.1 Å². The fourth-order valence-electron chi connectivity index (χ4n) is 4.85. The van der Waals surface area contributed by atoms with E-state index >= 15 is 0 Å². The van der Waals surface area contributed by atoms with Crippen molar-refractivity contribution < 1.29 is 33.3 Å². The lowest BCUT2D eigenvalue weighted by atomic mass is 10.0. The van der Waals surface area contributed by atoms with Crippen LogP contribution in [0.3, 0.4) is 0 Å². The molecule has 1 fully saturated rings. The van der Waals surface area contributed by atoms with Crippen LogP contribution in [-0.4, -0.2) is 67.6 Å². The van der Waals surface area contributed by atoms with Crippen LogP contribution in [0, 0.1) is 0 Å². The van der Waals surface area contributed by atoms with Crippen LogP contribution in [0.25, 0.3) is 11.1 Å². The van der Waals surface area contributed by atoms with Gasteiger partial charge >= 0.3 is 12.2 Å². The summed E-state index contributed by atoms with van der Waals surface area (Å²) < 4.78 is 22.0. The Morgan fingerprint density at radius 3 is 2.69 bits per heavy atom. The number of anilines is 2. The summed E-state index contributed by atoms with van der Waals surface area (Å²) >= 11 is 0. The van der Waals surface area contributed by atoms with Crippen LogP contribution in [-0.2, 0) is 20.8 Å². The highest BCUT2D eigenvalue weighted by Gasteiger charge is 2.33. The van der Waals surface area contributed by atoms with E-state index < -0.39 is 17.8 Å². The number of aromatic nitrogens is 1. The second-order valence-corrected chi connectivity index (χ2v) is 11.8. The summed E-state index contributed by atoms with van der Waals surface area (Å²) in [4.78, 5) is 41.7. The highest BCUT2D eigenvalue weighted by Crippen LogP contribution is 2.30. The molecule has 0 bridgehead atoms. The number of alkyl carbamates (subject to hydrolysis) is 1. The van der Waals surface area contributed by atoms with Gasteiger partial charge in [-0.05, 0) is 87.2 Å². The summed E-state index contributed by atoms with van der Waals surface area (Å²) in [7, 11) is 0. The van der Waals surface area contributed by atoms with Crippen LogP contribution in [0.5, 0.6) is 11.5 Å². The van der Waals surface area contributed by atoms with Gasteiger partial charge in [0.2, 0.25) is 0 Å². The fraction of sp³-hybridized carbons (Fsp3) is 0.394. The van der Waals surface area contributed by atoms with Crippen molar-refractivity contribution in [3.05, 3.63) is 66.2 Å². The van der Waals surface area contributed by atoms with E-state index in [2.05, 4.69) is 39.1 Å². The average molecular weight is 618 g/mol. The number of pyridine rings is 1. The van der Waals surface area contributed by atoms with Crippen molar-refractivity contribution in [2.75, 3.05) is 43.1 Å². The van der Waals surface area contributed by atoms with E-state index in [1.165, 1.54) is 4.90 Å². The number of cyclic esters (lactones) is 1. The summed E-state index contributed by atoms with van der Waals surface area (Å²) in [6.07, 6.45) is 0.116. The Hall–Kier alpha value is -4.84. The molecule has 0 spiro atoms. The van der Waals surface area contributed by atoms with Gasteiger partial charge in [0.1, 0.15) is 23.3 Å². The molecule has 238 valence electrons. The van der Waals surface area contributed by atoms with E-state index in [1.54, 1.807) is 12.1 Å². The van der Waals surface area contributed by atoms with Gasteiger partial charge in [0.25, 0.3) is 5.91 Å². The van der Waals surface area contributed by atoms with Gasteiger partial charge in [-0.1, -0.05) is 30.3 Å². The van der Waals surface area contributed by atoms with Gasteiger partial charge in [0.05, 0.1) is 13.2 Å². The monoisotopic (exact) mass is 617 g/mol. The minimum absolute atomic E-state index is 0.0550. The van der Waals surface area contributed by atoms with Crippen molar-refractivity contribution in [3.63, 3.8) is 0 Å². The number of amides is 3. The molecule has 1 saturated heterocycles. The van der Waals surface area contributed by atoms with Gasteiger partial charge in [-0.25, -0.2) is 14.6 Å². The summed E-state index contributed by atoms with van der Waals surface area (Å²) in [5, 5.41) is 8.84. The highest BCUT2D eigenvalue weighted by atomic mass is 16.6. The fourth-order valence-corrected chi connectivity index (χ4v) is 4.85. The number of benzene rings is 2. The normalized spacial score (nSPS) is 15.9. The Morgan fingerprint density at radius 1 is 1.07 bits per heavy atom. The first-order valence-corrected chi connectivity index (χ1v) is 15.0. The first-order chi connectivity index (χ1) is 21.6. The molecule has 2 aliphatic heterocycles. The van der Waals surface area contributed by atoms with Crippen molar-refractivity contribution in [3.8, 4) is 22.6 Å². The number of ether oxygens (including phenoxy) is 4. The molecular weight excluding hydrogens is 578 g/mol. The molecule has 12 nitrogen and oxygen atoms in total.